The minimum absolute atomic E-state index is 0.0404. The summed E-state index contributed by atoms with van der Waals surface area (Å²) in [5.74, 6) is 2.67. The first-order chi connectivity index (χ1) is 14.2. The third-order valence-electron chi connectivity index (χ3n) is 6.98. The molecule has 0 aliphatic carbocycles. The monoisotopic (exact) mass is 417 g/mol. The molecule has 3 unspecified atom stereocenters. The summed E-state index contributed by atoms with van der Waals surface area (Å²) < 4.78 is 17.3. The quantitative estimate of drug-likeness (QED) is 0.592. The number of hydrogen-bond acceptors (Lipinski definition) is 5. The molecular weight excluding hydrogens is 378 g/mol. The van der Waals surface area contributed by atoms with Gasteiger partial charge in [-0.25, -0.2) is 0 Å². The van der Waals surface area contributed by atoms with Crippen LogP contribution in [0.2, 0.25) is 0 Å². The van der Waals surface area contributed by atoms with Crippen molar-refractivity contribution in [3.05, 3.63) is 23.3 Å². The van der Waals surface area contributed by atoms with Crippen molar-refractivity contribution < 1.29 is 19.0 Å². The molecule has 1 saturated heterocycles. The lowest BCUT2D eigenvalue weighted by Crippen LogP contribution is -2.50. The van der Waals surface area contributed by atoms with E-state index in [1.807, 2.05) is 6.92 Å². The van der Waals surface area contributed by atoms with Crippen LogP contribution in [0.15, 0.2) is 12.1 Å². The van der Waals surface area contributed by atoms with Crippen LogP contribution in [-0.4, -0.2) is 44.3 Å². The Bertz CT molecular complexity index is 745. The molecule has 5 heteroatoms. The summed E-state index contributed by atoms with van der Waals surface area (Å²) in [5, 5.41) is 0. The summed E-state index contributed by atoms with van der Waals surface area (Å²) in [6.45, 7) is 12.7. The van der Waals surface area contributed by atoms with Gasteiger partial charge in [0.2, 0.25) is 0 Å². The zero-order valence-electron chi connectivity index (χ0n) is 19.7. The lowest BCUT2D eigenvalue weighted by molar-refractivity contribution is -0.163. The zero-order chi connectivity index (χ0) is 22.0. The maximum Gasteiger partial charge on any atom is 0.309 e. The molecule has 4 atom stereocenters. The predicted octanol–water partition coefficient (Wildman–Crippen LogP) is 4.87. The second-order valence-electron chi connectivity index (χ2n) is 9.80. The molecule has 0 N–H and O–H groups in total. The van der Waals surface area contributed by atoms with Gasteiger partial charge >= 0.3 is 5.97 Å². The molecular formula is C25H39NO4. The van der Waals surface area contributed by atoms with Gasteiger partial charge in [0.05, 0.1) is 20.1 Å². The summed E-state index contributed by atoms with van der Waals surface area (Å²) >= 11 is 0. The molecule has 0 saturated carbocycles. The normalized spacial score (nSPS) is 24.9. The van der Waals surface area contributed by atoms with Crippen LogP contribution in [0.5, 0.6) is 11.5 Å². The molecule has 168 valence electrons. The highest BCUT2D eigenvalue weighted by Gasteiger charge is 2.41. The highest BCUT2D eigenvalue weighted by Crippen LogP contribution is 2.44. The van der Waals surface area contributed by atoms with Gasteiger partial charge in [0, 0.05) is 31.5 Å². The molecule has 5 nitrogen and oxygen atoms in total. The number of nitrogens with zero attached hydrogens (tertiary/aromatic N) is 1. The van der Waals surface area contributed by atoms with E-state index in [9.17, 15) is 4.79 Å². The first-order valence-electron chi connectivity index (χ1n) is 11.4. The van der Waals surface area contributed by atoms with Crippen molar-refractivity contribution in [3.63, 3.8) is 0 Å². The molecule has 0 bridgehead atoms. The molecule has 2 aliphatic heterocycles. The number of fused-ring (bicyclic) bond motifs is 3. The molecule has 1 aromatic rings. The number of methoxy groups -OCH3 is 2. The number of esters is 1. The third kappa shape index (κ3) is 4.77. The molecule has 2 aliphatic rings. The molecule has 0 radical (unpaired) electrons. The van der Waals surface area contributed by atoms with Gasteiger partial charge in [-0.1, -0.05) is 34.6 Å². The molecule has 0 amide bonds. The van der Waals surface area contributed by atoms with E-state index in [1.165, 1.54) is 11.1 Å². The lowest BCUT2D eigenvalue weighted by atomic mass is 9.79. The fourth-order valence-electron chi connectivity index (χ4n) is 4.91. The van der Waals surface area contributed by atoms with E-state index in [4.69, 9.17) is 14.2 Å². The first kappa shape index (κ1) is 22.9. The van der Waals surface area contributed by atoms with Crippen LogP contribution >= 0.6 is 0 Å². The molecule has 3 rings (SSSR count). The van der Waals surface area contributed by atoms with Gasteiger partial charge in [-0.3, -0.25) is 9.69 Å². The molecule has 0 aromatic heterocycles. The number of carbonyl (C=O) groups excluding carboxylic acids is 1. The number of piperidine rings is 1. The fourth-order valence-corrected chi connectivity index (χ4v) is 4.91. The number of ether oxygens (including phenoxy) is 3. The number of carbonyl (C=O) groups is 1. The van der Waals surface area contributed by atoms with Crippen molar-refractivity contribution in [2.45, 2.75) is 66.0 Å². The summed E-state index contributed by atoms with van der Waals surface area (Å²) in [7, 11) is 3.37. The van der Waals surface area contributed by atoms with Gasteiger partial charge in [-0.05, 0) is 47.9 Å². The highest BCUT2D eigenvalue weighted by molar-refractivity contribution is 5.72. The topological polar surface area (TPSA) is 48.0 Å². The van der Waals surface area contributed by atoms with E-state index in [0.29, 0.717) is 11.8 Å². The first-order valence-corrected chi connectivity index (χ1v) is 11.4. The van der Waals surface area contributed by atoms with E-state index in [0.717, 1.165) is 43.9 Å². The number of rotatable bonds is 7. The Morgan fingerprint density at radius 2 is 1.77 bits per heavy atom. The second-order valence-corrected chi connectivity index (χ2v) is 9.80. The van der Waals surface area contributed by atoms with Gasteiger partial charge in [0.15, 0.2) is 11.5 Å². The molecule has 30 heavy (non-hydrogen) atoms. The van der Waals surface area contributed by atoms with Gasteiger partial charge in [-0.15, -0.1) is 0 Å². The number of hydrogen-bond donors (Lipinski definition) is 0. The maximum atomic E-state index is 12.8. The van der Waals surface area contributed by atoms with Crippen LogP contribution in [0.4, 0.5) is 0 Å². The van der Waals surface area contributed by atoms with Crippen LogP contribution in [-0.2, 0) is 16.0 Å². The minimum atomic E-state index is -0.0780. The largest absolute Gasteiger partial charge is 0.493 e. The van der Waals surface area contributed by atoms with Crippen LogP contribution in [0, 0.1) is 23.7 Å². The Balaban J connectivity index is 1.88. The SMILES string of the molecule is COc1cc2c(cc1OC)C1CC(OC(=O)[C@@H](C)C(C)C)C(CC(C)C)CN1CC2. The Labute approximate surface area is 182 Å². The summed E-state index contributed by atoms with van der Waals surface area (Å²) in [6.07, 6.45) is 2.89. The van der Waals surface area contributed by atoms with E-state index >= 15 is 0 Å². The van der Waals surface area contributed by atoms with Crippen LogP contribution in [0.3, 0.4) is 0 Å². The minimum Gasteiger partial charge on any atom is -0.493 e. The van der Waals surface area contributed by atoms with E-state index in [1.54, 1.807) is 14.2 Å². The predicted molar refractivity (Wildman–Crippen MR) is 119 cm³/mol. The number of benzene rings is 1. The van der Waals surface area contributed by atoms with Gasteiger partial charge in [-0.2, -0.15) is 0 Å². The summed E-state index contributed by atoms with van der Waals surface area (Å²) in [6, 6.07) is 4.50. The Morgan fingerprint density at radius 3 is 2.37 bits per heavy atom. The van der Waals surface area contributed by atoms with E-state index in [-0.39, 0.29) is 30.0 Å². The van der Waals surface area contributed by atoms with Crippen molar-refractivity contribution >= 4 is 5.97 Å². The van der Waals surface area contributed by atoms with Crippen LogP contribution < -0.4 is 9.47 Å². The van der Waals surface area contributed by atoms with E-state index < -0.39 is 0 Å². The van der Waals surface area contributed by atoms with Gasteiger partial charge in [0.1, 0.15) is 6.10 Å². The second kappa shape index (κ2) is 9.59. The molecule has 0 spiro atoms. The standard InChI is InChI=1S/C25H39NO4/c1-15(2)10-19-14-26-9-8-18-11-23(28-6)24(29-7)12-20(18)21(26)13-22(19)30-25(27)17(5)16(3)4/h11-12,15-17,19,21-22H,8-10,13-14H2,1-7H3/t17-,19?,21?,22?/m0/s1. The highest BCUT2D eigenvalue weighted by atomic mass is 16.5. The van der Waals surface area contributed by atoms with Gasteiger partial charge in [0.25, 0.3) is 0 Å². The Kier molecular flexibility index (Phi) is 7.33. The van der Waals surface area contributed by atoms with Crippen molar-refractivity contribution in [3.8, 4) is 11.5 Å². The van der Waals surface area contributed by atoms with Gasteiger partial charge < -0.3 is 14.2 Å². The molecule has 1 aromatic carbocycles. The Morgan fingerprint density at radius 1 is 1.10 bits per heavy atom. The molecule has 2 heterocycles. The van der Waals surface area contributed by atoms with Crippen molar-refractivity contribution in [1.82, 2.24) is 4.90 Å². The van der Waals surface area contributed by atoms with Crippen molar-refractivity contribution in [2.75, 3.05) is 27.3 Å². The molecule has 1 fully saturated rings. The van der Waals surface area contributed by atoms with Crippen molar-refractivity contribution in [2.24, 2.45) is 23.7 Å². The van der Waals surface area contributed by atoms with E-state index in [2.05, 4.69) is 44.7 Å². The maximum absolute atomic E-state index is 12.8. The lowest BCUT2D eigenvalue weighted by Gasteiger charge is -2.47. The summed E-state index contributed by atoms with van der Waals surface area (Å²) in [4.78, 5) is 15.4. The van der Waals surface area contributed by atoms with Crippen molar-refractivity contribution in [1.29, 1.82) is 0 Å². The Hall–Kier alpha value is -1.75. The third-order valence-corrected chi connectivity index (χ3v) is 6.98. The summed E-state index contributed by atoms with van der Waals surface area (Å²) in [5.41, 5.74) is 2.61. The van der Waals surface area contributed by atoms with Crippen LogP contribution in [0.25, 0.3) is 0 Å². The average Bonchev–Trinajstić information content (AvgIpc) is 2.71. The fraction of sp³-hybridized carbons (Fsp3) is 0.720. The smallest absolute Gasteiger partial charge is 0.309 e. The zero-order valence-corrected chi connectivity index (χ0v) is 19.7. The van der Waals surface area contributed by atoms with Crippen LogP contribution in [0.1, 0.15) is 64.6 Å². The average molecular weight is 418 g/mol.